The summed E-state index contributed by atoms with van der Waals surface area (Å²) in [4.78, 5) is 35.5. The molecule has 0 bridgehead atoms. The van der Waals surface area contributed by atoms with Crippen LogP contribution in [-0.2, 0) is 0 Å². The first-order valence-electron chi connectivity index (χ1n) is 8.96. The number of anilines is 1. The molecule has 7 nitrogen and oxygen atoms in total. The molecule has 0 fully saturated rings. The normalized spacial score (nSPS) is 11.4. The van der Waals surface area contributed by atoms with E-state index < -0.39 is 16.9 Å². The lowest BCUT2D eigenvalue weighted by Gasteiger charge is -2.15. The predicted octanol–water partition coefficient (Wildman–Crippen LogP) is 5.15. The Bertz CT molecular complexity index is 1100. The molecule has 0 heterocycles. The topological polar surface area (TPSA) is 98.5 Å². The molecule has 0 aliphatic heterocycles. The van der Waals surface area contributed by atoms with Crippen molar-refractivity contribution in [3.63, 3.8) is 0 Å². The lowest BCUT2D eigenvalue weighted by molar-refractivity contribution is -0.385. The van der Waals surface area contributed by atoms with E-state index in [0.29, 0.717) is 22.0 Å². The van der Waals surface area contributed by atoms with E-state index in [9.17, 15) is 19.7 Å². The summed E-state index contributed by atoms with van der Waals surface area (Å²) in [5.41, 5.74) is 0.499. The number of ether oxygens (including phenoxy) is 1. The maximum Gasteiger partial charge on any atom is 0.282 e. The summed E-state index contributed by atoms with van der Waals surface area (Å²) < 4.78 is 5.71. The third-order valence-corrected chi connectivity index (χ3v) is 4.50. The number of benzene rings is 3. The van der Waals surface area contributed by atoms with Crippen molar-refractivity contribution in [2.24, 2.45) is 0 Å². The molecule has 0 aliphatic carbocycles. The molecule has 0 unspecified atom stereocenters. The van der Waals surface area contributed by atoms with Crippen molar-refractivity contribution in [1.82, 2.24) is 0 Å². The summed E-state index contributed by atoms with van der Waals surface area (Å²) in [6.07, 6.45) is -0.771. The Morgan fingerprint density at radius 2 is 1.73 bits per heavy atom. The highest BCUT2D eigenvalue weighted by Gasteiger charge is 2.20. The Hall–Kier alpha value is -3.71. The summed E-state index contributed by atoms with van der Waals surface area (Å²) in [7, 11) is 0. The Balaban J connectivity index is 1.72. The summed E-state index contributed by atoms with van der Waals surface area (Å²) in [5.74, 6) is -0.476. The molecular weight excluding hydrogens is 408 g/mol. The van der Waals surface area contributed by atoms with Crippen LogP contribution in [0.15, 0.2) is 72.8 Å². The number of nitrogens with one attached hydrogen (secondary N) is 1. The van der Waals surface area contributed by atoms with E-state index in [1.54, 1.807) is 55.5 Å². The molecule has 1 atom stereocenters. The van der Waals surface area contributed by atoms with E-state index in [1.165, 1.54) is 24.3 Å². The molecule has 0 saturated heterocycles. The summed E-state index contributed by atoms with van der Waals surface area (Å²) in [5, 5.41) is 14.3. The van der Waals surface area contributed by atoms with E-state index in [-0.39, 0.29) is 17.0 Å². The van der Waals surface area contributed by atoms with Crippen molar-refractivity contribution < 1.29 is 19.2 Å². The van der Waals surface area contributed by atoms with Crippen molar-refractivity contribution in [3.05, 3.63) is 99.1 Å². The quantitative estimate of drug-likeness (QED) is 0.321. The maximum atomic E-state index is 12.5. The first kappa shape index (κ1) is 21.0. The van der Waals surface area contributed by atoms with Gasteiger partial charge in [0.05, 0.1) is 4.92 Å². The zero-order valence-electron chi connectivity index (χ0n) is 15.9. The van der Waals surface area contributed by atoms with E-state index in [1.807, 2.05) is 0 Å². The van der Waals surface area contributed by atoms with Gasteiger partial charge in [0, 0.05) is 28.4 Å². The highest BCUT2D eigenvalue weighted by molar-refractivity contribution is 6.30. The number of amides is 1. The fourth-order valence-corrected chi connectivity index (χ4v) is 2.90. The number of para-hydroxylation sites is 1. The van der Waals surface area contributed by atoms with Crippen LogP contribution in [0.3, 0.4) is 0 Å². The summed E-state index contributed by atoms with van der Waals surface area (Å²) in [6, 6.07) is 18.6. The first-order valence-corrected chi connectivity index (χ1v) is 9.34. The van der Waals surface area contributed by atoms with Gasteiger partial charge in [0.15, 0.2) is 6.10 Å². The van der Waals surface area contributed by atoms with E-state index in [0.717, 1.165) is 0 Å². The number of nitro groups is 1. The third kappa shape index (κ3) is 5.01. The Morgan fingerprint density at radius 3 is 2.43 bits per heavy atom. The van der Waals surface area contributed by atoms with Crippen LogP contribution in [0.1, 0.15) is 27.6 Å². The van der Waals surface area contributed by atoms with Gasteiger partial charge in [0.25, 0.3) is 11.6 Å². The molecule has 0 saturated carbocycles. The standard InChI is InChI=1S/C22H17ClN2O5/c1-14(21(26)15-9-11-16(23)12-10-15)30-18-6-4-5-17(13-18)24-22(27)19-7-2-3-8-20(19)25(28)29/h2-14H,1H3,(H,24,27)/t14-/m0/s1. The lowest BCUT2D eigenvalue weighted by Crippen LogP contribution is -2.24. The van der Waals surface area contributed by atoms with Gasteiger partial charge < -0.3 is 10.1 Å². The van der Waals surface area contributed by atoms with Crippen LogP contribution < -0.4 is 10.1 Å². The molecule has 152 valence electrons. The van der Waals surface area contributed by atoms with Gasteiger partial charge in [0.1, 0.15) is 11.3 Å². The molecule has 0 spiro atoms. The van der Waals surface area contributed by atoms with Crippen LogP contribution in [0.4, 0.5) is 11.4 Å². The predicted molar refractivity (Wildman–Crippen MR) is 113 cm³/mol. The second-order valence-corrected chi connectivity index (χ2v) is 6.82. The van der Waals surface area contributed by atoms with Gasteiger partial charge in [0.2, 0.25) is 5.78 Å². The highest BCUT2D eigenvalue weighted by atomic mass is 35.5. The molecular formula is C22H17ClN2O5. The van der Waals surface area contributed by atoms with Crippen LogP contribution in [-0.4, -0.2) is 22.7 Å². The number of carbonyl (C=O) groups excluding carboxylic acids is 2. The van der Waals surface area contributed by atoms with E-state index >= 15 is 0 Å². The molecule has 8 heteroatoms. The van der Waals surface area contributed by atoms with E-state index in [2.05, 4.69) is 5.32 Å². The van der Waals surface area contributed by atoms with Crippen molar-refractivity contribution >= 4 is 34.7 Å². The van der Waals surface area contributed by atoms with Gasteiger partial charge >= 0.3 is 0 Å². The minimum Gasteiger partial charge on any atom is -0.482 e. The molecule has 30 heavy (non-hydrogen) atoms. The van der Waals surface area contributed by atoms with E-state index in [4.69, 9.17) is 16.3 Å². The van der Waals surface area contributed by atoms with Gasteiger partial charge in [-0.3, -0.25) is 19.7 Å². The minimum atomic E-state index is -0.771. The second kappa shape index (κ2) is 9.19. The largest absolute Gasteiger partial charge is 0.482 e. The number of nitro benzene ring substituents is 1. The van der Waals surface area contributed by atoms with Crippen molar-refractivity contribution in [3.8, 4) is 5.75 Å². The SMILES string of the molecule is C[C@H](Oc1cccc(NC(=O)c2ccccc2[N+](=O)[O-])c1)C(=O)c1ccc(Cl)cc1. The number of halogens is 1. The molecule has 0 radical (unpaired) electrons. The average molecular weight is 425 g/mol. The summed E-state index contributed by atoms with van der Waals surface area (Å²) >= 11 is 5.84. The number of rotatable bonds is 7. The van der Waals surface area contributed by atoms with Crippen molar-refractivity contribution in [2.75, 3.05) is 5.32 Å². The average Bonchev–Trinajstić information content (AvgIpc) is 2.74. The molecule has 3 rings (SSSR count). The minimum absolute atomic E-state index is 0.0555. The Labute approximate surface area is 177 Å². The molecule has 0 aliphatic rings. The van der Waals surface area contributed by atoms with Gasteiger partial charge in [-0.2, -0.15) is 0 Å². The fraction of sp³-hybridized carbons (Fsp3) is 0.0909. The number of hydrogen-bond acceptors (Lipinski definition) is 5. The molecule has 3 aromatic rings. The number of nitrogens with zero attached hydrogens (tertiary/aromatic N) is 1. The zero-order valence-corrected chi connectivity index (χ0v) is 16.6. The zero-order chi connectivity index (χ0) is 21.7. The van der Waals surface area contributed by atoms with Crippen molar-refractivity contribution in [1.29, 1.82) is 0 Å². The Kier molecular flexibility index (Phi) is 6.44. The van der Waals surface area contributed by atoms with Gasteiger partial charge in [-0.15, -0.1) is 0 Å². The maximum absolute atomic E-state index is 12.5. The molecule has 0 aromatic heterocycles. The number of carbonyl (C=O) groups is 2. The van der Waals surface area contributed by atoms with Crippen LogP contribution in [0, 0.1) is 10.1 Å². The number of ketones is 1. The molecule has 1 N–H and O–H groups in total. The second-order valence-electron chi connectivity index (χ2n) is 6.39. The Morgan fingerprint density at radius 1 is 1.03 bits per heavy atom. The third-order valence-electron chi connectivity index (χ3n) is 4.25. The van der Waals surface area contributed by atoms with Crippen LogP contribution >= 0.6 is 11.6 Å². The summed E-state index contributed by atoms with van der Waals surface area (Å²) in [6.45, 7) is 1.62. The lowest BCUT2D eigenvalue weighted by atomic mass is 10.1. The fourth-order valence-electron chi connectivity index (χ4n) is 2.78. The number of hydrogen-bond donors (Lipinski definition) is 1. The highest BCUT2D eigenvalue weighted by Crippen LogP contribution is 2.23. The van der Waals surface area contributed by atoms with Gasteiger partial charge in [-0.25, -0.2) is 0 Å². The number of Topliss-reactive ketones (excluding diaryl/α,β-unsaturated/α-hetero) is 1. The van der Waals surface area contributed by atoms with Crippen molar-refractivity contribution in [2.45, 2.75) is 13.0 Å². The van der Waals surface area contributed by atoms with Crippen LogP contribution in [0.25, 0.3) is 0 Å². The van der Waals surface area contributed by atoms with Gasteiger partial charge in [-0.05, 0) is 49.4 Å². The van der Waals surface area contributed by atoms with Crippen LogP contribution in [0.2, 0.25) is 5.02 Å². The smallest absolute Gasteiger partial charge is 0.282 e. The first-order chi connectivity index (χ1) is 14.3. The molecule has 3 aromatic carbocycles. The molecule has 1 amide bonds. The van der Waals surface area contributed by atoms with Gasteiger partial charge in [-0.1, -0.05) is 29.8 Å². The monoisotopic (exact) mass is 424 g/mol. The van der Waals surface area contributed by atoms with Crippen LogP contribution in [0.5, 0.6) is 5.75 Å².